The fourth-order valence-corrected chi connectivity index (χ4v) is 2.74. The molecule has 1 aromatic rings. The van der Waals surface area contributed by atoms with E-state index in [0.29, 0.717) is 12.5 Å². The Morgan fingerprint density at radius 2 is 1.78 bits per heavy atom. The summed E-state index contributed by atoms with van der Waals surface area (Å²) < 4.78 is 5.81. The van der Waals surface area contributed by atoms with Gasteiger partial charge < -0.3 is 4.74 Å². The van der Waals surface area contributed by atoms with Gasteiger partial charge in [0, 0.05) is 0 Å². The molecule has 0 saturated heterocycles. The van der Waals surface area contributed by atoms with Gasteiger partial charge in [0.2, 0.25) is 0 Å². The standard InChI is InChI=1S/C15H24N2O/c16-17-15(13-8-4-1-2-5-9-13)12-18-14-10-6-3-7-11-14/h3,6-7,10-11,13,15,17H,1-2,4-5,8-9,12,16H2. The zero-order valence-electron chi connectivity index (χ0n) is 11.0. The summed E-state index contributed by atoms with van der Waals surface area (Å²) >= 11 is 0. The Bertz CT molecular complexity index is 321. The average molecular weight is 248 g/mol. The first-order valence-corrected chi connectivity index (χ1v) is 7.04. The van der Waals surface area contributed by atoms with Gasteiger partial charge in [-0.3, -0.25) is 11.3 Å². The van der Waals surface area contributed by atoms with Crippen LogP contribution in [0.1, 0.15) is 38.5 Å². The molecule has 18 heavy (non-hydrogen) atoms. The minimum atomic E-state index is 0.267. The predicted molar refractivity (Wildman–Crippen MR) is 74.2 cm³/mol. The van der Waals surface area contributed by atoms with Crippen molar-refractivity contribution in [2.75, 3.05) is 6.61 Å². The molecule has 0 bridgehead atoms. The number of hydrogen-bond donors (Lipinski definition) is 2. The summed E-state index contributed by atoms with van der Waals surface area (Å²) in [6.45, 7) is 0.658. The Labute approximate surface area is 110 Å². The summed E-state index contributed by atoms with van der Waals surface area (Å²) in [6, 6.07) is 10.2. The van der Waals surface area contributed by atoms with Gasteiger partial charge in [-0.15, -0.1) is 0 Å². The van der Waals surface area contributed by atoms with E-state index in [2.05, 4.69) is 5.43 Å². The fraction of sp³-hybridized carbons (Fsp3) is 0.600. The van der Waals surface area contributed by atoms with Crippen molar-refractivity contribution in [2.24, 2.45) is 11.8 Å². The molecular weight excluding hydrogens is 224 g/mol. The van der Waals surface area contributed by atoms with Crippen molar-refractivity contribution in [1.29, 1.82) is 0 Å². The van der Waals surface area contributed by atoms with Crippen LogP contribution >= 0.6 is 0 Å². The van der Waals surface area contributed by atoms with Crippen molar-refractivity contribution in [3.8, 4) is 5.75 Å². The van der Waals surface area contributed by atoms with Gasteiger partial charge in [-0.05, 0) is 30.9 Å². The monoisotopic (exact) mass is 248 g/mol. The maximum Gasteiger partial charge on any atom is 0.119 e. The van der Waals surface area contributed by atoms with Crippen molar-refractivity contribution in [2.45, 2.75) is 44.6 Å². The minimum Gasteiger partial charge on any atom is -0.492 e. The number of nitrogens with one attached hydrogen (secondary N) is 1. The molecule has 0 aliphatic heterocycles. The molecule has 1 atom stereocenters. The Morgan fingerprint density at radius 1 is 1.11 bits per heavy atom. The lowest BCUT2D eigenvalue weighted by Crippen LogP contribution is -2.44. The van der Waals surface area contributed by atoms with Crippen molar-refractivity contribution >= 4 is 0 Å². The Balaban J connectivity index is 1.84. The van der Waals surface area contributed by atoms with Crippen LogP contribution in [0, 0.1) is 5.92 Å². The molecule has 1 unspecified atom stereocenters. The van der Waals surface area contributed by atoms with Crippen LogP contribution in [0.4, 0.5) is 0 Å². The molecule has 100 valence electrons. The molecule has 1 aromatic carbocycles. The minimum absolute atomic E-state index is 0.267. The normalized spacial score (nSPS) is 19.2. The molecule has 0 amide bonds. The summed E-state index contributed by atoms with van der Waals surface area (Å²) in [6.07, 6.45) is 7.93. The van der Waals surface area contributed by atoms with Gasteiger partial charge in [-0.2, -0.15) is 0 Å². The van der Waals surface area contributed by atoms with Crippen molar-refractivity contribution in [3.05, 3.63) is 30.3 Å². The molecule has 0 aromatic heterocycles. The van der Waals surface area contributed by atoms with Crippen LogP contribution in [0.2, 0.25) is 0 Å². The van der Waals surface area contributed by atoms with E-state index >= 15 is 0 Å². The molecule has 0 heterocycles. The van der Waals surface area contributed by atoms with Crippen LogP contribution in [0.3, 0.4) is 0 Å². The first-order chi connectivity index (χ1) is 8.90. The topological polar surface area (TPSA) is 47.3 Å². The van der Waals surface area contributed by atoms with E-state index in [1.54, 1.807) is 0 Å². The van der Waals surface area contributed by atoms with Gasteiger partial charge in [0.1, 0.15) is 12.4 Å². The molecule has 3 heteroatoms. The Morgan fingerprint density at radius 3 is 2.39 bits per heavy atom. The van der Waals surface area contributed by atoms with Gasteiger partial charge >= 0.3 is 0 Å². The van der Waals surface area contributed by atoms with E-state index in [0.717, 1.165) is 5.75 Å². The third-order valence-corrected chi connectivity index (χ3v) is 3.86. The number of hydrazine groups is 1. The number of hydrogen-bond acceptors (Lipinski definition) is 3. The largest absolute Gasteiger partial charge is 0.492 e. The zero-order valence-corrected chi connectivity index (χ0v) is 11.0. The highest BCUT2D eigenvalue weighted by molar-refractivity contribution is 5.20. The molecule has 1 aliphatic carbocycles. The van der Waals surface area contributed by atoms with Crippen LogP contribution in [0.25, 0.3) is 0 Å². The molecule has 1 saturated carbocycles. The first kappa shape index (κ1) is 13.4. The lowest BCUT2D eigenvalue weighted by atomic mass is 9.93. The van der Waals surface area contributed by atoms with Crippen LogP contribution in [0.15, 0.2) is 30.3 Å². The second-order valence-corrected chi connectivity index (χ2v) is 5.15. The zero-order chi connectivity index (χ0) is 12.6. The number of nitrogens with two attached hydrogens (primary N) is 1. The van der Waals surface area contributed by atoms with Gasteiger partial charge in [-0.25, -0.2) is 0 Å². The number of ether oxygens (including phenoxy) is 1. The lowest BCUT2D eigenvalue weighted by Gasteiger charge is -2.25. The van der Waals surface area contributed by atoms with Gasteiger partial charge in [-0.1, -0.05) is 43.9 Å². The number of para-hydroxylation sites is 1. The SMILES string of the molecule is NNC(COc1ccccc1)C1CCCCCC1. The van der Waals surface area contributed by atoms with Gasteiger partial charge in [0.15, 0.2) is 0 Å². The van der Waals surface area contributed by atoms with E-state index < -0.39 is 0 Å². The summed E-state index contributed by atoms with van der Waals surface area (Å²) in [7, 11) is 0. The molecule has 1 aliphatic rings. The summed E-state index contributed by atoms with van der Waals surface area (Å²) in [4.78, 5) is 0. The summed E-state index contributed by atoms with van der Waals surface area (Å²) in [5, 5.41) is 0. The van der Waals surface area contributed by atoms with E-state index in [1.807, 2.05) is 30.3 Å². The quantitative estimate of drug-likeness (QED) is 0.478. The van der Waals surface area contributed by atoms with E-state index in [4.69, 9.17) is 10.6 Å². The molecule has 1 fully saturated rings. The highest BCUT2D eigenvalue weighted by Gasteiger charge is 2.22. The van der Waals surface area contributed by atoms with Gasteiger partial charge in [0.25, 0.3) is 0 Å². The third-order valence-electron chi connectivity index (χ3n) is 3.86. The average Bonchev–Trinajstić information content (AvgIpc) is 2.70. The molecule has 0 radical (unpaired) electrons. The van der Waals surface area contributed by atoms with Crippen LogP contribution < -0.4 is 16.0 Å². The Kier molecular flexibility index (Phi) is 5.49. The summed E-state index contributed by atoms with van der Waals surface area (Å²) in [5.41, 5.74) is 2.94. The smallest absolute Gasteiger partial charge is 0.119 e. The molecule has 0 spiro atoms. The number of benzene rings is 1. The van der Waals surface area contributed by atoms with E-state index in [-0.39, 0.29) is 6.04 Å². The molecule has 3 nitrogen and oxygen atoms in total. The predicted octanol–water partition coefficient (Wildman–Crippen LogP) is 2.87. The van der Waals surface area contributed by atoms with E-state index in [1.165, 1.54) is 38.5 Å². The lowest BCUT2D eigenvalue weighted by molar-refractivity contribution is 0.205. The van der Waals surface area contributed by atoms with E-state index in [9.17, 15) is 0 Å². The highest BCUT2D eigenvalue weighted by atomic mass is 16.5. The van der Waals surface area contributed by atoms with Gasteiger partial charge in [0.05, 0.1) is 6.04 Å². The van der Waals surface area contributed by atoms with Crippen molar-refractivity contribution in [3.63, 3.8) is 0 Å². The number of rotatable bonds is 5. The van der Waals surface area contributed by atoms with Crippen LogP contribution in [-0.2, 0) is 0 Å². The second kappa shape index (κ2) is 7.39. The molecule has 2 rings (SSSR count). The third kappa shape index (κ3) is 4.00. The highest BCUT2D eigenvalue weighted by Crippen LogP contribution is 2.25. The van der Waals surface area contributed by atoms with Crippen molar-refractivity contribution < 1.29 is 4.74 Å². The second-order valence-electron chi connectivity index (χ2n) is 5.15. The maximum atomic E-state index is 5.81. The first-order valence-electron chi connectivity index (χ1n) is 7.04. The van der Waals surface area contributed by atoms with Crippen molar-refractivity contribution in [1.82, 2.24) is 5.43 Å². The maximum absolute atomic E-state index is 5.81. The molecule has 3 N–H and O–H groups in total. The van der Waals surface area contributed by atoms with Crippen LogP contribution in [0.5, 0.6) is 5.75 Å². The summed E-state index contributed by atoms with van der Waals surface area (Å²) in [5.74, 6) is 7.27. The van der Waals surface area contributed by atoms with Crippen LogP contribution in [-0.4, -0.2) is 12.6 Å². The Hall–Kier alpha value is -1.06. The fourth-order valence-electron chi connectivity index (χ4n) is 2.74. The molecular formula is C15H24N2O.